The zero-order chi connectivity index (χ0) is 16.2. The van der Waals surface area contributed by atoms with Crippen molar-refractivity contribution in [2.75, 3.05) is 38.2 Å². The number of ether oxygens (including phenoxy) is 1. The molecule has 0 radical (unpaired) electrons. The molecule has 1 aliphatic heterocycles. The van der Waals surface area contributed by atoms with Gasteiger partial charge in [-0.25, -0.2) is 4.98 Å². The fraction of sp³-hybridized carbons (Fsp3) is 0.562. The SMILES string of the molecule is Cc1nc(CN2CCOC(CN(C)c3cccnn3)C2)oc1C. The van der Waals surface area contributed by atoms with E-state index in [1.165, 1.54) is 0 Å². The van der Waals surface area contributed by atoms with Crippen LogP contribution in [0, 0.1) is 13.8 Å². The van der Waals surface area contributed by atoms with Gasteiger partial charge in [0, 0.05) is 32.9 Å². The van der Waals surface area contributed by atoms with E-state index in [4.69, 9.17) is 9.15 Å². The number of nitrogens with zero attached hydrogens (tertiary/aromatic N) is 5. The summed E-state index contributed by atoms with van der Waals surface area (Å²) in [6, 6.07) is 3.84. The van der Waals surface area contributed by atoms with Gasteiger partial charge in [-0.2, -0.15) is 5.10 Å². The third kappa shape index (κ3) is 4.05. The lowest BCUT2D eigenvalue weighted by Crippen LogP contribution is -2.46. The van der Waals surface area contributed by atoms with Gasteiger partial charge in [-0.15, -0.1) is 5.10 Å². The van der Waals surface area contributed by atoms with Crippen LogP contribution in [-0.2, 0) is 11.3 Å². The van der Waals surface area contributed by atoms with Gasteiger partial charge in [0.15, 0.2) is 5.82 Å². The molecular formula is C16H23N5O2. The average molecular weight is 317 g/mol. The van der Waals surface area contributed by atoms with Crippen LogP contribution in [0.3, 0.4) is 0 Å². The highest BCUT2D eigenvalue weighted by atomic mass is 16.5. The molecule has 3 heterocycles. The van der Waals surface area contributed by atoms with Crippen LogP contribution in [0.5, 0.6) is 0 Å². The molecule has 1 unspecified atom stereocenters. The summed E-state index contributed by atoms with van der Waals surface area (Å²) in [4.78, 5) is 8.85. The molecule has 23 heavy (non-hydrogen) atoms. The molecule has 0 bridgehead atoms. The van der Waals surface area contributed by atoms with E-state index in [9.17, 15) is 0 Å². The Kier molecular flexibility index (Phi) is 4.88. The van der Waals surface area contributed by atoms with Gasteiger partial charge in [-0.05, 0) is 26.0 Å². The van der Waals surface area contributed by atoms with Crippen molar-refractivity contribution in [2.24, 2.45) is 0 Å². The van der Waals surface area contributed by atoms with Gasteiger partial charge in [0.05, 0.1) is 24.9 Å². The van der Waals surface area contributed by atoms with Crippen LogP contribution in [0.2, 0.25) is 0 Å². The molecule has 0 saturated carbocycles. The summed E-state index contributed by atoms with van der Waals surface area (Å²) in [6.07, 6.45) is 1.81. The van der Waals surface area contributed by atoms with E-state index in [1.54, 1.807) is 6.20 Å². The minimum atomic E-state index is 0.132. The highest BCUT2D eigenvalue weighted by Crippen LogP contribution is 2.15. The maximum atomic E-state index is 5.88. The molecule has 1 fully saturated rings. The molecule has 3 rings (SSSR count). The Labute approximate surface area is 136 Å². The lowest BCUT2D eigenvalue weighted by atomic mass is 10.2. The Hall–Kier alpha value is -1.99. The number of anilines is 1. The largest absolute Gasteiger partial charge is 0.444 e. The van der Waals surface area contributed by atoms with Crippen LogP contribution in [0.4, 0.5) is 5.82 Å². The molecule has 0 amide bonds. The van der Waals surface area contributed by atoms with E-state index >= 15 is 0 Å². The van der Waals surface area contributed by atoms with Crippen molar-refractivity contribution >= 4 is 5.82 Å². The number of oxazole rings is 1. The maximum Gasteiger partial charge on any atom is 0.208 e. The maximum absolute atomic E-state index is 5.88. The second-order valence-electron chi connectivity index (χ2n) is 5.94. The Balaban J connectivity index is 1.55. The Morgan fingerprint density at radius 3 is 2.96 bits per heavy atom. The van der Waals surface area contributed by atoms with Crippen LogP contribution in [-0.4, -0.2) is 59.5 Å². The van der Waals surface area contributed by atoms with Gasteiger partial charge in [0.2, 0.25) is 5.89 Å². The quantitative estimate of drug-likeness (QED) is 0.826. The number of likely N-dealkylation sites (N-methyl/N-ethyl adjacent to an activating group) is 1. The lowest BCUT2D eigenvalue weighted by Gasteiger charge is -2.34. The molecule has 0 spiro atoms. The van der Waals surface area contributed by atoms with Crippen LogP contribution in [0.25, 0.3) is 0 Å². The molecule has 2 aromatic heterocycles. The number of aromatic nitrogens is 3. The minimum Gasteiger partial charge on any atom is -0.444 e. The summed E-state index contributed by atoms with van der Waals surface area (Å²) >= 11 is 0. The summed E-state index contributed by atoms with van der Waals surface area (Å²) in [7, 11) is 2.01. The summed E-state index contributed by atoms with van der Waals surface area (Å²) < 4.78 is 11.6. The Morgan fingerprint density at radius 2 is 2.26 bits per heavy atom. The predicted molar refractivity (Wildman–Crippen MR) is 86.3 cm³/mol. The van der Waals surface area contributed by atoms with Crippen molar-refractivity contribution in [3.05, 3.63) is 35.7 Å². The molecule has 7 heteroatoms. The second kappa shape index (κ2) is 7.06. The first-order valence-electron chi connectivity index (χ1n) is 7.87. The zero-order valence-corrected chi connectivity index (χ0v) is 13.9. The number of hydrogen-bond donors (Lipinski definition) is 0. The topological polar surface area (TPSA) is 67.5 Å². The van der Waals surface area contributed by atoms with Crippen LogP contribution in [0.1, 0.15) is 17.3 Å². The molecule has 124 valence electrons. The third-order valence-corrected chi connectivity index (χ3v) is 4.08. The molecule has 0 aromatic carbocycles. The fourth-order valence-corrected chi connectivity index (χ4v) is 2.73. The van der Waals surface area contributed by atoms with E-state index in [2.05, 4.69) is 25.0 Å². The molecule has 0 aliphatic carbocycles. The number of rotatable bonds is 5. The molecule has 2 aromatic rings. The van der Waals surface area contributed by atoms with Crippen molar-refractivity contribution in [3.8, 4) is 0 Å². The van der Waals surface area contributed by atoms with Crippen LogP contribution < -0.4 is 4.90 Å². The van der Waals surface area contributed by atoms with Gasteiger partial charge in [-0.1, -0.05) is 0 Å². The molecule has 7 nitrogen and oxygen atoms in total. The highest BCUT2D eigenvalue weighted by Gasteiger charge is 2.23. The first-order chi connectivity index (χ1) is 11.1. The highest BCUT2D eigenvalue weighted by molar-refractivity contribution is 5.35. The monoisotopic (exact) mass is 317 g/mol. The number of morpholine rings is 1. The Morgan fingerprint density at radius 1 is 1.39 bits per heavy atom. The van der Waals surface area contributed by atoms with E-state index in [-0.39, 0.29) is 6.10 Å². The van der Waals surface area contributed by atoms with Crippen molar-refractivity contribution < 1.29 is 9.15 Å². The normalized spacial score (nSPS) is 19.0. The van der Waals surface area contributed by atoms with Gasteiger partial charge >= 0.3 is 0 Å². The van der Waals surface area contributed by atoms with E-state index in [0.29, 0.717) is 0 Å². The van der Waals surface area contributed by atoms with Crippen molar-refractivity contribution in [3.63, 3.8) is 0 Å². The number of aryl methyl sites for hydroxylation is 2. The van der Waals surface area contributed by atoms with Gasteiger partial charge in [-0.3, -0.25) is 4.90 Å². The second-order valence-corrected chi connectivity index (χ2v) is 5.94. The minimum absolute atomic E-state index is 0.132. The van der Waals surface area contributed by atoms with Gasteiger partial charge in [0.1, 0.15) is 5.76 Å². The summed E-state index contributed by atoms with van der Waals surface area (Å²) in [5.41, 5.74) is 0.965. The standard InChI is InChI=1S/C16H23N5O2/c1-12-13(2)23-16(18-12)11-21-7-8-22-14(10-21)9-20(3)15-5-4-6-17-19-15/h4-6,14H,7-11H2,1-3H3. The van der Waals surface area contributed by atoms with Crippen LogP contribution in [0.15, 0.2) is 22.7 Å². The predicted octanol–water partition coefficient (Wildman–Crippen LogP) is 1.42. The van der Waals surface area contributed by atoms with Crippen molar-refractivity contribution in [1.29, 1.82) is 0 Å². The van der Waals surface area contributed by atoms with E-state index in [0.717, 1.165) is 55.9 Å². The molecule has 1 atom stereocenters. The third-order valence-electron chi connectivity index (χ3n) is 4.08. The van der Waals surface area contributed by atoms with Crippen molar-refractivity contribution in [2.45, 2.75) is 26.5 Å². The Bertz CT molecular complexity index is 611. The number of hydrogen-bond acceptors (Lipinski definition) is 7. The van der Waals surface area contributed by atoms with Crippen LogP contribution >= 0.6 is 0 Å². The lowest BCUT2D eigenvalue weighted by molar-refractivity contribution is -0.0288. The first kappa shape index (κ1) is 15.9. The zero-order valence-electron chi connectivity index (χ0n) is 13.9. The van der Waals surface area contributed by atoms with Gasteiger partial charge in [0.25, 0.3) is 0 Å². The van der Waals surface area contributed by atoms with Crippen molar-refractivity contribution in [1.82, 2.24) is 20.1 Å². The fourth-order valence-electron chi connectivity index (χ4n) is 2.73. The molecular weight excluding hydrogens is 294 g/mol. The summed E-state index contributed by atoms with van der Waals surface area (Å²) in [5.74, 6) is 2.53. The summed E-state index contributed by atoms with van der Waals surface area (Å²) in [6.45, 7) is 7.89. The molecule has 0 N–H and O–H groups in total. The van der Waals surface area contributed by atoms with E-state index in [1.807, 2.05) is 33.0 Å². The molecule has 1 aliphatic rings. The van der Waals surface area contributed by atoms with E-state index < -0.39 is 0 Å². The first-order valence-corrected chi connectivity index (χ1v) is 7.87. The average Bonchev–Trinajstić information content (AvgIpc) is 2.86. The smallest absolute Gasteiger partial charge is 0.208 e. The van der Waals surface area contributed by atoms with Gasteiger partial charge < -0.3 is 14.1 Å². The molecule has 1 saturated heterocycles. The summed E-state index contributed by atoms with van der Waals surface area (Å²) in [5, 5.41) is 8.04.